The Hall–Kier alpha value is -1.50. The highest BCUT2D eigenvalue weighted by Crippen LogP contribution is 2.08. The van der Waals surface area contributed by atoms with Crippen LogP contribution in [0.3, 0.4) is 0 Å². The Morgan fingerprint density at radius 2 is 1.82 bits per heavy atom. The maximum absolute atomic E-state index is 11.6. The zero-order chi connectivity index (χ0) is 15.1. The van der Waals surface area contributed by atoms with Gasteiger partial charge in [-0.15, -0.1) is 12.4 Å². The summed E-state index contributed by atoms with van der Waals surface area (Å²) >= 11 is 5.78. The lowest BCUT2D eigenvalue weighted by atomic mass is 10.0. The van der Waals surface area contributed by atoms with Crippen LogP contribution in [0.5, 0.6) is 0 Å². The second kappa shape index (κ2) is 9.50. The average molecular weight is 347 g/mol. The molecule has 4 N–H and O–H groups in total. The quantitative estimate of drug-likeness (QED) is 0.617. The van der Waals surface area contributed by atoms with Crippen LogP contribution in [0.2, 0.25) is 5.02 Å². The monoisotopic (exact) mass is 346 g/mol. The zero-order valence-corrected chi connectivity index (χ0v) is 13.6. The van der Waals surface area contributed by atoms with Crippen molar-refractivity contribution in [3.8, 4) is 0 Å². The van der Waals surface area contributed by atoms with Gasteiger partial charge in [0.1, 0.15) is 0 Å². The Bertz CT molecular complexity index is 492. The molecule has 0 spiro atoms. The van der Waals surface area contributed by atoms with Gasteiger partial charge in [-0.3, -0.25) is 4.79 Å². The van der Waals surface area contributed by atoms with Crippen LogP contribution in [0.25, 0.3) is 0 Å². The fraction of sp³-hybridized carbons (Fsp3) is 0.429. The van der Waals surface area contributed by atoms with Crippen molar-refractivity contribution in [2.75, 3.05) is 26.2 Å². The van der Waals surface area contributed by atoms with E-state index in [2.05, 4.69) is 21.3 Å². The van der Waals surface area contributed by atoms with E-state index in [0.717, 1.165) is 18.7 Å². The highest BCUT2D eigenvalue weighted by atomic mass is 35.5. The minimum Gasteiger partial charge on any atom is -0.354 e. The van der Waals surface area contributed by atoms with Crippen molar-refractivity contribution in [1.29, 1.82) is 0 Å². The molecule has 22 heavy (non-hydrogen) atoms. The smallest absolute Gasteiger partial charge is 0.315 e. The number of carbonyl (C=O) groups is 2. The number of carbonyl (C=O) groups excluding carboxylic acids is 2. The Labute approximate surface area is 140 Å². The van der Waals surface area contributed by atoms with Crippen LogP contribution in [0.1, 0.15) is 5.56 Å². The molecule has 0 saturated carbocycles. The summed E-state index contributed by atoms with van der Waals surface area (Å²) in [5.74, 6) is 0.330. The molecule has 1 aromatic rings. The predicted octanol–water partition coefficient (Wildman–Crippen LogP) is 0.897. The number of amides is 3. The Morgan fingerprint density at radius 1 is 1.14 bits per heavy atom. The van der Waals surface area contributed by atoms with Gasteiger partial charge in [-0.25, -0.2) is 4.79 Å². The topological polar surface area (TPSA) is 82.3 Å². The number of rotatable bonds is 6. The minimum atomic E-state index is -0.370. The number of benzene rings is 1. The molecule has 1 saturated heterocycles. The first kappa shape index (κ1) is 18.5. The predicted molar refractivity (Wildman–Crippen MR) is 88.3 cm³/mol. The summed E-state index contributed by atoms with van der Waals surface area (Å²) in [7, 11) is 0. The van der Waals surface area contributed by atoms with E-state index in [-0.39, 0.29) is 30.9 Å². The van der Waals surface area contributed by atoms with Crippen molar-refractivity contribution in [2.45, 2.75) is 6.54 Å². The van der Waals surface area contributed by atoms with E-state index in [9.17, 15) is 9.59 Å². The highest BCUT2D eigenvalue weighted by Gasteiger charge is 2.17. The van der Waals surface area contributed by atoms with Gasteiger partial charge in [-0.2, -0.15) is 0 Å². The van der Waals surface area contributed by atoms with Gasteiger partial charge in [0.25, 0.3) is 0 Å². The van der Waals surface area contributed by atoms with Gasteiger partial charge in [0.05, 0.1) is 6.54 Å². The zero-order valence-electron chi connectivity index (χ0n) is 12.0. The molecule has 0 atom stereocenters. The van der Waals surface area contributed by atoms with E-state index in [0.29, 0.717) is 24.0 Å². The number of nitrogens with one attached hydrogen (secondary N) is 4. The molecular weight excluding hydrogens is 327 g/mol. The number of hydrogen-bond acceptors (Lipinski definition) is 3. The largest absolute Gasteiger partial charge is 0.354 e. The van der Waals surface area contributed by atoms with Crippen molar-refractivity contribution in [3.63, 3.8) is 0 Å². The lowest BCUT2D eigenvalue weighted by Crippen LogP contribution is -2.49. The van der Waals surface area contributed by atoms with E-state index in [1.807, 2.05) is 12.1 Å². The van der Waals surface area contributed by atoms with Crippen LogP contribution in [0.15, 0.2) is 24.3 Å². The van der Waals surface area contributed by atoms with Gasteiger partial charge in [0.2, 0.25) is 5.91 Å². The van der Waals surface area contributed by atoms with Crippen LogP contribution >= 0.6 is 24.0 Å². The maximum Gasteiger partial charge on any atom is 0.315 e. The minimum absolute atomic E-state index is 0. The molecule has 6 nitrogen and oxygen atoms in total. The second-order valence-corrected chi connectivity index (χ2v) is 5.43. The molecule has 122 valence electrons. The molecule has 0 aromatic heterocycles. The van der Waals surface area contributed by atoms with Gasteiger partial charge in [0, 0.05) is 37.1 Å². The summed E-state index contributed by atoms with van der Waals surface area (Å²) in [6.45, 7) is 2.90. The first-order valence-electron chi connectivity index (χ1n) is 6.87. The van der Waals surface area contributed by atoms with Crippen LogP contribution in [0, 0.1) is 5.92 Å². The Balaban J connectivity index is 0.00000242. The van der Waals surface area contributed by atoms with Gasteiger partial charge in [0.15, 0.2) is 0 Å². The molecule has 0 radical (unpaired) electrons. The maximum atomic E-state index is 11.6. The molecule has 1 heterocycles. The van der Waals surface area contributed by atoms with Crippen LogP contribution < -0.4 is 21.3 Å². The van der Waals surface area contributed by atoms with Gasteiger partial charge >= 0.3 is 6.03 Å². The Kier molecular flexibility index (Phi) is 8.01. The molecule has 1 aliphatic rings. The van der Waals surface area contributed by atoms with Gasteiger partial charge in [-0.1, -0.05) is 23.7 Å². The lowest BCUT2D eigenvalue weighted by Gasteiger charge is -2.27. The molecule has 0 bridgehead atoms. The van der Waals surface area contributed by atoms with E-state index in [4.69, 9.17) is 11.6 Å². The van der Waals surface area contributed by atoms with Crippen LogP contribution in [-0.2, 0) is 11.3 Å². The van der Waals surface area contributed by atoms with Crippen molar-refractivity contribution < 1.29 is 9.59 Å². The molecule has 1 fully saturated rings. The van der Waals surface area contributed by atoms with E-state index in [1.54, 1.807) is 12.1 Å². The first-order valence-corrected chi connectivity index (χ1v) is 7.25. The van der Waals surface area contributed by atoms with Crippen LogP contribution in [0.4, 0.5) is 4.79 Å². The lowest BCUT2D eigenvalue weighted by molar-refractivity contribution is -0.120. The van der Waals surface area contributed by atoms with Crippen molar-refractivity contribution in [1.82, 2.24) is 21.3 Å². The average Bonchev–Trinajstić information content (AvgIpc) is 2.43. The third-order valence-electron chi connectivity index (χ3n) is 3.23. The fourth-order valence-corrected chi connectivity index (χ4v) is 1.95. The molecule has 3 amide bonds. The third kappa shape index (κ3) is 6.51. The van der Waals surface area contributed by atoms with Crippen molar-refractivity contribution in [2.24, 2.45) is 5.92 Å². The van der Waals surface area contributed by atoms with Gasteiger partial charge < -0.3 is 21.3 Å². The van der Waals surface area contributed by atoms with Gasteiger partial charge in [-0.05, 0) is 17.7 Å². The molecule has 2 rings (SSSR count). The standard InChI is InChI=1S/C14H19ClN4O2.ClH/c15-12-3-1-10(2-4-12)7-18-14(21)19-9-13(20)17-8-11-5-16-6-11;/h1-4,11,16H,5-9H2,(H,17,20)(H2,18,19,21);1H. The highest BCUT2D eigenvalue weighted by molar-refractivity contribution is 6.30. The van der Waals surface area contributed by atoms with Crippen LogP contribution in [-0.4, -0.2) is 38.1 Å². The molecule has 8 heteroatoms. The fourth-order valence-electron chi connectivity index (χ4n) is 1.82. The van der Waals surface area contributed by atoms with E-state index >= 15 is 0 Å². The SMILES string of the molecule is Cl.O=C(CNC(=O)NCc1ccc(Cl)cc1)NCC1CNC1. The summed E-state index contributed by atoms with van der Waals surface area (Å²) < 4.78 is 0. The van der Waals surface area contributed by atoms with Crippen molar-refractivity contribution in [3.05, 3.63) is 34.9 Å². The summed E-state index contributed by atoms with van der Waals surface area (Å²) in [6, 6.07) is 6.83. The first-order chi connectivity index (χ1) is 10.1. The number of urea groups is 1. The molecule has 1 aromatic carbocycles. The van der Waals surface area contributed by atoms with E-state index < -0.39 is 0 Å². The molecular formula is C14H20Cl2N4O2. The number of halogens is 2. The number of hydrogen-bond donors (Lipinski definition) is 4. The summed E-state index contributed by atoms with van der Waals surface area (Å²) in [4.78, 5) is 23.1. The molecule has 1 aliphatic heterocycles. The normalized spacial score (nSPS) is 13.5. The summed E-state index contributed by atoms with van der Waals surface area (Å²) in [5, 5.41) is 11.8. The third-order valence-corrected chi connectivity index (χ3v) is 3.48. The molecule has 0 unspecified atom stereocenters. The summed E-state index contributed by atoms with van der Waals surface area (Å²) in [5.41, 5.74) is 0.941. The summed E-state index contributed by atoms with van der Waals surface area (Å²) in [6.07, 6.45) is 0. The Morgan fingerprint density at radius 3 is 2.41 bits per heavy atom. The second-order valence-electron chi connectivity index (χ2n) is 4.99. The van der Waals surface area contributed by atoms with Crippen molar-refractivity contribution >= 4 is 35.9 Å². The van der Waals surface area contributed by atoms with E-state index in [1.165, 1.54) is 0 Å². The molecule has 0 aliphatic carbocycles.